The van der Waals surface area contributed by atoms with E-state index in [1.165, 1.54) is 0 Å². The number of aromatic nitrogens is 9. The molecule has 0 amide bonds. The van der Waals surface area contributed by atoms with Crippen LogP contribution in [0, 0.1) is 0 Å². The summed E-state index contributed by atoms with van der Waals surface area (Å²) < 4.78 is 6.92. The summed E-state index contributed by atoms with van der Waals surface area (Å²) >= 11 is 0. The quantitative estimate of drug-likeness (QED) is 0.151. The fourth-order valence-corrected chi connectivity index (χ4v) is 11.1. The molecule has 15 rings (SSSR count). The summed E-state index contributed by atoms with van der Waals surface area (Å²) in [6.45, 7) is 0. The largest absolute Gasteiger partial charge is 0.309 e. The number of nitrogens with zero attached hydrogens (tertiary/aromatic N) is 9. The molecule has 0 spiro atoms. The first kappa shape index (κ1) is 42.3. The fourth-order valence-electron chi connectivity index (χ4n) is 11.1. The van der Waals surface area contributed by atoms with Crippen LogP contribution in [0.15, 0.2) is 249 Å². The van der Waals surface area contributed by atoms with Gasteiger partial charge in [0, 0.05) is 71.5 Å². The highest BCUT2D eigenvalue weighted by Crippen LogP contribution is 2.43. The van der Waals surface area contributed by atoms with Crippen LogP contribution >= 0.6 is 0 Å². The van der Waals surface area contributed by atoms with E-state index < -0.39 is 0 Å². The summed E-state index contributed by atoms with van der Waals surface area (Å²) in [4.78, 5) is 31.5. The monoisotopic (exact) mass is 959 g/mol. The Kier molecular flexibility index (Phi) is 9.67. The lowest BCUT2D eigenvalue weighted by atomic mass is 10.1. The minimum Gasteiger partial charge on any atom is -0.309 e. The van der Waals surface area contributed by atoms with Crippen LogP contribution in [0.1, 0.15) is 0 Å². The lowest BCUT2D eigenvalue weighted by molar-refractivity contribution is 0.953. The molecule has 75 heavy (non-hydrogen) atoms. The van der Waals surface area contributed by atoms with Crippen molar-refractivity contribution >= 4 is 65.4 Å². The van der Waals surface area contributed by atoms with Gasteiger partial charge in [-0.15, -0.1) is 0 Å². The van der Waals surface area contributed by atoms with E-state index in [2.05, 4.69) is 184 Å². The molecule has 0 saturated carbocycles. The lowest BCUT2D eigenvalue weighted by Crippen LogP contribution is -2.06. The number of para-hydroxylation sites is 5. The van der Waals surface area contributed by atoms with Gasteiger partial charge in [0.05, 0.1) is 33.1 Å². The maximum Gasteiger partial charge on any atom is 0.238 e. The normalized spacial score (nSPS) is 11.7. The highest BCUT2D eigenvalue weighted by atomic mass is 15.2. The summed E-state index contributed by atoms with van der Waals surface area (Å²) in [5, 5.41) is 6.73. The van der Waals surface area contributed by atoms with Gasteiger partial charge in [0.25, 0.3) is 0 Å². The van der Waals surface area contributed by atoms with E-state index in [-0.39, 0.29) is 0 Å². The first-order chi connectivity index (χ1) is 37.2. The van der Waals surface area contributed by atoms with Gasteiger partial charge in [0.1, 0.15) is 0 Å². The van der Waals surface area contributed by atoms with E-state index in [0.29, 0.717) is 35.1 Å². The Morgan fingerprint density at radius 2 is 0.653 bits per heavy atom. The van der Waals surface area contributed by atoms with Crippen molar-refractivity contribution in [3.8, 4) is 74.3 Å². The summed E-state index contributed by atoms with van der Waals surface area (Å²) in [6.07, 6.45) is 0. The Bertz CT molecular complexity index is 4640. The van der Waals surface area contributed by atoms with Crippen molar-refractivity contribution in [1.82, 2.24) is 43.6 Å². The molecule has 9 heteroatoms. The van der Waals surface area contributed by atoms with Crippen LogP contribution in [-0.4, -0.2) is 43.6 Å². The van der Waals surface area contributed by atoms with Crippen molar-refractivity contribution in [2.24, 2.45) is 0 Å². The van der Waals surface area contributed by atoms with Crippen LogP contribution in [0.5, 0.6) is 0 Å². The predicted molar refractivity (Wildman–Crippen MR) is 303 cm³/mol. The Morgan fingerprint density at radius 3 is 1.25 bits per heavy atom. The van der Waals surface area contributed by atoms with E-state index in [9.17, 15) is 0 Å². The Hall–Kier alpha value is -10.4. The van der Waals surface area contributed by atoms with Gasteiger partial charge in [-0.05, 0) is 54.6 Å². The number of fused-ring (bicyclic) bond motifs is 10. The zero-order chi connectivity index (χ0) is 49.4. The molecular weight excluding hydrogens is 919 g/mol. The third-order valence-electron chi connectivity index (χ3n) is 14.3. The van der Waals surface area contributed by atoms with Crippen molar-refractivity contribution in [2.45, 2.75) is 0 Å². The van der Waals surface area contributed by atoms with Gasteiger partial charge in [-0.2, -0.15) is 9.97 Å². The van der Waals surface area contributed by atoms with Crippen LogP contribution in [0.4, 0.5) is 0 Å². The first-order valence-electron chi connectivity index (χ1n) is 25.0. The molecule has 0 radical (unpaired) electrons. The Morgan fingerprint density at radius 1 is 0.240 bits per heavy atom. The van der Waals surface area contributed by atoms with E-state index in [4.69, 9.17) is 29.9 Å². The molecule has 5 aromatic heterocycles. The van der Waals surface area contributed by atoms with Gasteiger partial charge in [-0.1, -0.05) is 194 Å². The summed E-state index contributed by atoms with van der Waals surface area (Å²) in [6, 6.07) is 86.2. The van der Waals surface area contributed by atoms with Crippen LogP contribution in [0.3, 0.4) is 0 Å². The predicted octanol–water partition coefficient (Wildman–Crippen LogP) is 15.7. The van der Waals surface area contributed by atoms with Crippen LogP contribution < -0.4 is 0 Å². The van der Waals surface area contributed by atoms with Crippen LogP contribution in [0.25, 0.3) is 140 Å². The Balaban J connectivity index is 0.965. The highest BCUT2D eigenvalue weighted by Gasteiger charge is 2.25. The molecule has 15 aromatic rings. The molecule has 0 bridgehead atoms. The zero-order valence-corrected chi connectivity index (χ0v) is 40.2. The molecule has 0 N–H and O–H groups in total. The average molecular weight is 960 g/mol. The van der Waals surface area contributed by atoms with Gasteiger partial charge in [-0.25, -0.2) is 19.9 Å². The molecule has 0 aliphatic carbocycles. The van der Waals surface area contributed by atoms with Crippen LogP contribution in [0.2, 0.25) is 0 Å². The second kappa shape index (κ2) is 17.1. The Labute approximate surface area is 430 Å². The second-order valence-corrected chi connectivity index (χ2v) is 18.7. The maximum atomic E-state index is 5.42. The SMILES string of the molecule is c1ccc(-c2nc(-c3cccc(-n4c5ccccc5c5ccc6c(c7ccccc7n6-c6nc(-c7ccccc7)nc(-c7ccccc7)n6)c54)c3)nc(-c3cccc4c5ccccc5n(-c5ccccc5)c34)n2)cc1. The van der Waals surface area contributed by atoms with E-state index in [1.54, 1.807) is 0 Å². The highest BCUT2D eigenvalue weighted by molar-refractivity contribution is 6.26. The van der Waals surface area contributed by atoms with Gasteiger partial charge in [0.15, 0.2) is 29.1 Å². The van der Waals surface area contributed by atoms with E-state index in [0.717, 1.165) is 105 Å². The minimum absolute atomic E-state index is 0.539. The van der Waals surface area contributed by atoms with Gasteiger partial charge >= 0.3 is 0 Å². The second-order valence-electron chi connectivity index (χ2n) is 18.7. The van der Waals surface area contributed by atoms with E-state index in [1.807, 2.05) is 78.9 Å². The smallest absolute Gasteiger partial charge is 0.238 e. The van der Waals surface area contributed by atoms with Crippen LogP contribution in [-0.2, 0) is 0 Å². The van der Waals surface area contributed by atoms with Gasteiger partial charge in [0.2, 0.25) is 5.95 Å². The van der Waals surface area contributed by atoms with Gasteiger partial charge in [-0.3, -0.25) is 4.57 Å². The molecule has 9 nitrogen and oxygen atoms in total. The van der Waals surface area contributed by atoms with Crippen molar-refractivity contribution < 1.29 is 0 Å². The van der Waals surface area contributed by atoms with Gasteiger partial charge < -0.3 is 9.13 Å². The van der Waals surface area contributed by atoms with Crippen molar-refractivity contribution in [3.05, 3.63) is 249 Å². The molecule has 0 aliphatic rings. The molecule has 0 fully saturated rings. The zero-order valence-electron chi connectivity index (χ0n) is 40.2. The van der Waals surface area contributed by atoms with Crippen molar-refractivity contribution in [1.29, 1.82) is 0 Å². The lowest BCUT2D eigenvalue weighted by Gasteiger charge is -2.14. The fraction of sp³-hybridized carbons (Fsp3) is 0. The molecule has 0 unspecified atom stereocenters. The molecule has 10 aromatic carbocycles. The number of hydrogen-bond donors (Lipinski definition) is 0. The summed E-state index contributed by atoms with van der Waals surface area (Å²) in [7, 11) is 0. The first-order valence-corrected chi connectivity index (χ1v) is 25.0. The third kappa shape index (κ3) is 6.86. The number of rotatable bonds is 8. The molecule has 0 aliphatic heterocycles. The van der Waals surface area contributed by atoms with Crippen molar-refractivity contribution in [3.63, 3.8) is 0 Å². The topological polar surface area (TPSA) is 92.1 Å². The molecule has 0 atom stereocenters. The molecular formula is C66H41N9. The average Bonchev–Trinajstić information content (AvgIpc) is 4.25. The molecule has 350 valence electrons. The maximum absolute atomic E-state index is 5.42. The molecule has 0 saturated heterocycles. The standard InChI is InChI=1S/C66H41N9/c1-5-21-42(22-6-1)61-67-64(70-65(69-61)53-35-20-34-50-48-31-13-16-36-54(48)73(59(50)53)46-28-11-4-12-29-46)45-27-19-30-47(41-45)74-55-37-17-14-32-49(55)51-39-40-57-58(60(51)74)52-33-15-18-38-56(52)75(57)66-71-62(43-23-7-2-8-24-43)68-63(72-66)44-25-9-3-10-26-44/h1-41H. The number of benzene rings is 10. The van der Waals surface area contributed by atoms with Crippen molar-refractivity contribution in [2.75, 3.05) is 0 Å². The third-order valence-corrected chi connectivity index (χ3v) is 14.3. The molecule has 5 heterocycles. The summed E-state index contributed by atoms with van der Waals surface area (Å²) in [5.41, 5.74) is 12.8. The minimum atomic E-state index is 0.539. The van der Waals surface area contributed by atoms with E-state index >= 15 is 0 Å². The summed E-state index contributed by atoms with van der Waals surface area (Å²) in [5.74, 6) is 3.49. The number of hydrogen-bond acceptors (Lipinski definition) is 6.